The molecule has 1 aromatic heterocycles. The maximum absolute atomic E-state index is 2.26. The second kappa shape index (κ2) is 2.86. The van der Waals surface area contributed by atoms with Crippen molar-refractivity contribution in [1.29, 1.82) is 0 Å². The van der Waals surface area contributed by atoms with E-state index in [-0.39, 0.29) is 0 Å². The van der Waals surface area contributed by atoms with Crippen molar-refractivity contribution < 1.29 is 4.57 Å². The standard InChI is InChI=1S/C9H12NS/c1-2-10-5-3-8-4-6-11-9(8)7-10/h3,5,7H,2,4,6H2,1H3/q+1. The van der Waals surface area contributed by atoms with Gasteiger partial charge in [0.2, 0.25) is 0 Å². The van der Waals surface area contributed by atoms with Crippen LogP contribution in [0.2, 0.25) is 0 Å². The van der Waals surface area contributed by atoms with Crippen molar-refractivity contribution in [2.24, 2.45) is 0 Å². The summed E-state index contributed by atoms with van der Waals surface area (Å²) >= 11 is 1.98. The van der Waals surface area contributed by atoms with Gasteiger partial charge in [-0.25, -0.2) is 4.57 Å². The zero-order valence-electron chi connectivity index (χ0n) is 6.71. The number of hydrogen-bond donors (Lipinski definition) is 0. The second-order valence-electron chi connectivity index (χ2n) is 2.76. The molecule has 0 bridgehead atoms. The Morgan fingerprint density at radius 1 is 1.64 bits per heavy atom. The van der Waals surface area contributed by atoms with Gasteiger partial charge in [0, 0.05) is 11.8 Å². The highest BCUT2D eigenvalue weighted by Gasteiger charge is 2.14. The lowest BCUT2D eigenvalue weighted by molar-refractivity contribution is -0.695. The van der Waals surface area contributed by atoms with Crippen LogP contribution in [0.25, 0.3) is 0 Å². The van der Waals surface area contributed by atoms with E-state index < -0.39 is 0 Å². The first-order valence-electron chi connectivity index (χ1n) is 4.05. The van der Waals surface area contributed by atoms with Gasteiger partial charge in [0.05, 0.1) is 4.90 Å². The summed E-state index contributed by atoms with van der Waals surface area (Å²) in [5, 5.41) is 0. The number of nitrogens with zero attached hydrogens (tertiary/aromatic N) is 1. The van der Waals surface area contributed by atoms with E-state index in [0.29, 0.717) is 0 Å². The summed E-state index contributed by atoms with van der Waals surface area (Å²) in [5.41, 5.74) is 1.53. The Bertz CT molecular complexity index is 270. The van der Waals surface area contributed by atoms with Crippen molar-refractivity contribution >= 4 is 11.8 Å². The van der Waals surface area contributed by atoms with E-state index in [9.17, 15) is 0 Å². The minimum Gasteiger partial charge on any atom is -0.204 e. The summed E-state index contributed by atoms with van der Waals surface area (Å²) in [6, 6.07) is 2.25. The van der Waals surface area contributed by atoms with Crippen molar-refractivity contribution in [3.63, 3.8) is 0 Å². The number of pyridine rings is 1. The maximum Gasteiger partial charge on any atom is 0.182 e. The number of thioether (sulfide) groups is 1. The zero-order valence-corrected chi connectivity index (χ0v) is 7.53. The predicted molar refractivity (Wildman–Crippen MR) is 46.7 cm³/mol. The highest BCUT2D eigenvalue weighted by molar-refractivity contribution is 7.99. The van der Waals surface area contributed by atoms with Crippen molar-refractivity contribution in [3.8, 4) is 0 Å². The van der Waals surface area contributed by atoms with E-state index in [2.05, 4.69) is 30.0 Å². The van der Waals surface area contributed by atoms with Crippen LogP contribution in [-0.4, -0.2) is 5.75 Å². The molecule has 58 valence electrons. The Morgan fingerprint density at radius 3 is 3.36 bits per heavy atom. The molecule has 2 rings (SSSR count). The summed E-state index contributed by atoms with van der Waals surface area (Å²) in [6.07, 6.45) is 5.68. The van der Waals surface area contributed by atoms with E-state index in [1.165, 1.54) is 22.6 Å². The van der Waals surface area contributed by atoms with Crippen molar-refractivity contribution in [3.05, 3.63) is 24.0 Å². The van der Waals surface area contributed by atoms with E-state index >= 15 is 0 Å². The molecule has 0 atom stereocenters. The Hall–Kier alpha value is -0.500. The number of aryl methyl sites for hydroxylation is 2. The molecule has 0 aromatic carbocycles. The van der Waals surface area contributed by atoms with E-state index in [4.69, 9.17) is 0 Å². The first kappa shape index (κ1) is 7.17. The topological polar surface area (TPSA) is 3.88 Å². The number of hydrogen-bond acceptors (Lipinski definition) is 1. The van der Waals surface area contributed by atoms with Crippen molar-refractivity contribution in [2.45, 2.75) is 24.8 Å². The normalized spacial score (nSPS) is 15.0. The number of rotatable bonds is 1. The van der Waals surface area contributed by atoms with Gasteiger partial charge in [0.25, 0.3) is 0 Å². The Labute approximate surface area is 71.4 Å². The molecule has 1 aliphatic heterocycles. The van der Waals surface area contributed by atoms with Crippen LogP contribution in [0.1, 0.15) is 12.5 Å². The Balaban J connectivity index is 2.41. The van der Waals surface area contributed by atoms with Gasteiger partial charge in [0.15, 0.2) is 12.4 Å². The monoisotopic (exact) mass is 166 g/mol. The van der Waals surface area contributed by atoms with Gasteiger partial charge in [-0.2, -0.15) is 0 Å². The molecule has 1 aromatic rings. The van der Waals surface area contributed by atoms with Gasteiger partial charge >= 0.3 is 0 Å². The first-order chi connectivity index (χ1) is 5.40. The SMILES string of the molecule is CC[n+]1ccc2c(c1)SCC2. The molecule has 1 aliphatic rings. The summed E-state index contributed by atoms with van der Waals surface area (Å²) < 4.78 is 2.23. The average molecular weight is 166 g/mol. The minimum absolute atomic E-state index is 1.08. The Kier molecular flexibility index (Phi) is 1.86. The fourth-order valence-electron chi connectivity index (χ4n) is 1.35. The van der Waals surface area contributed by atoms with Gasteiger partial charge < -0.3 is 0 Å². The van der Waals surface area contributed by atoms with Crippen LogP contribution in [0.4, 0.5) is 0 Å². The molecule has 0 spiro atoms. The predicted octanol–water partition coefficient (Wildman–Crippen LogP) is 1.64. The van der Waals surface area contributed by atoms with Gasteiger partial charge in [-0.1, -0.05) is 0 Å². The highest BCUT2D eigenvalue weighted by atomic mass is 32.2. The largest absolute Gasteiger partial charge is 0.204 e. The minimum atomic E-state index is 1.08. The highest BCUT2D eigenvalue weighted by Crippen LogP contribution is 2.28. The first-order valence-corrected chi connectivity index (χ1v) is 5.03. The molecule has 0 N–H and O–H groups in total. The summed E-state index contributed by atoms with van der Waals surface area (Å²) in [5.74, 6) is 1.27. The molecule has 0 saturated carbocycles. The lowest BCUT2D eigenvalue weighted by Gasteiger charge is -1.95. The Morgan fingerprint density at radius 2 is 2.55 bits per heavy atom. The smallest absolute Gasteiger partial charge is 0.182 e. The van der Waals surface area contributed by atoms with Gasteiger partial charge in [-0.05, 0) is 18.9 Å². The molecule has 0 unspecified atom stereocenters. The third-order valence-corrected chi connectivity index (χ3v) is 3.15. The molecular formula is C9H12NS+. The van der Waals surface area contributed by atoms with Gasteiger partial charge in [-0.15, -0.1) is 11.8 Å². The third kappa shape index (κ3) is 1.27. The molecule has 11 heavy (non-hydrogen) atoms. The molecule has 0 saturated heterocycles. The lowest BCUT2D eigenvalue weighted by Crippen LogP contribution is -2.31. The molecule has 0 aliphatic carbocycles. The van der Waals surface area contributed by atoms with Crippen LogP contribution in [0.5, 0.6) is 0 Å². The van der Waals surface area contributed by atoms with Crippen LogP contribution in [0.15, 0.2) is 23.4 Å². The molecule has 0 amide bonds. The zero-order chi connectivity index (χ0) is 7.68. The van der Waals surface area contributed by atoms with Crippen LogP contribution in [0.3, 0.4) is 0 Å². The van der Waals surface area contributed by atoms with Crippen LogP contribution in [-0.2, 0) is 13.0 Å². The lowest BCUT2D eigenvalue weighted by atomic mass is 10.2. The molecule has 2 heteroatoms. The molecule has 0 radical (unpaired) electrons. The maximum atomic E-state index is 2.26. The summed E-state index contributed by atoms with van der Waals surface area (Å²) in [4.78, 5) is 1.48. The molecule has 1 nitrogen and oxygen atoms in total. The molecular weight excluding hydrogens is 154 g/mol. The van der Waals surface area contributed by atoms with E-state index in [1.807, 2.05) is 11.8 Å². The van der Waals surface area contributed by atoms with Crippen molar-refractivity contribution in [2.75, 3.05) is 5.75 Å². The average Bonchev–Trinajstić information content (AvgIpc) is 2.50. The van der Waals surface area contributed by atoms with Crippen molar-refractivity contribution in [1.82, 2.24) is 0 Å². The van der Waals surface area contributed by atoms with E-state index in [1.54, 1.807) is 0 Å². The van der Waals surface area contributed by atoms with Gasteiger partial charge in [0.1, 0.15) is 6.54 Å². The van der Waals surface area contributed by atoms with Crippen LogP contribution in [0, 0.1) is 0 Å². The molecule has 0 fully saturated rings. The molecule has 2 heterocycles. The fourth-order valence-corrected chi connectivity index (χ4v) is 2.46. The van der Waals surface area contributed by atoms with Gasteiger partial charge in [-0.3, -0.25) is 0 Å². The third-order valence-electron chi connectivity index (χ3n) is 2.06. The fraction of sp³-hybridized carbons (Fsp3) is 0.444. The van der Waals surface area contributed by atoms with Crippen LogP contribution < -0.4 is 4.57 Å². The summed E-state index contributed by atoms with van der Waals surface area (Å²) in [6.45, 7) is 3.25. The number of fused-ring (bicyclic) bond motifs is 1. The second-order valence-corrected chi connectivity index (χ2v) is 3.90. The number of aromatic nitrogens is 1. The van der Waals surface area contributed by atoms with Crippen LogP contribution >= 0.6 is 11.8 Å². The summed E-state index contributed by atoms with van der Waals surface area (Å²) in [7, 11) is 0. The van der Waals surface area contributed by atoms with E-state index in [0.717, 1.165) is 6.54 Å². The quantitative estimate of drug-likeness (QED) is 0.574.